The van der Waals surface area contributed by atoms with E-state index in [2.05, 4.69) is 11.8 Å². The number of aromatic nitrogens is 2. The van der Waals surface area contributed by atoms with Crippen LogP contribution in [0.3, 0.4) is 0 Å². The Bertz CT molecular complexity index is 841. The number of hydrogen-bond acceptors (Lipinski definition) is 4. The molecule has 7 heteroatoms. The van der Waals surface area contributed by atoms with Crippen LogP contribution in [0.5, 0.6) is 0 Å². The molecule has 1 aliphatic heterocycles. The molecule has 1 aromatic heterocycles. The van der Waals surface area contributed by atoms with E-state index in [-0.39, 0.29) is 18.1 Å². The molecule has 0 N–H and O–H groups in total. The number of aryl methyl sites for hydroxylation is 1. The fourth-order valence-corrected chi connectivity index (χ4v) is 3.98. The molecule has 0 radical (unpaired) electrons. The van der Waals surface area contributed by atoms with E-state index < -0.39 is 0 Å². The smallest absolute Gasteiger partial charge is 0.329 e. The van der Waals surface area contributed by atoms with Crippen molar-refractivity contribution in [3.05, 3.63) is 34.7 Å². The van der Waals surface area contributed by atoms with Crippen molar-refractivity contribution in [3.8, 4) is 0 Å². The summed E-state index contributed by atoms with van der Waals surface area (Å²) in [7, 11) is 3.47. The summed E-state index contributed by atoms with van der Waals surface area (Å²) in [5, 5.41) is 0. The van der Waals surface area contributed by atoms with Crippen molar-refractivity contribution in [2.75, 3.05) is 39.9 Å². The highest BCUT2D eigenvalue weighted by Gasteiger charge is 2.29. The zero-order chi connectivity index (χ0) is 19.4. The number of para-hydroxylation sites is 2. The maximum atomic E-state index is 13.0. The molecule has 0 bridgehead atoms. The number of ether oxygens (including phenoxy) is 1. The second-order valence-corrected chi connectivity index (χ2v) is 7.23. The summed E-state index contributed by atoms with van der Waals surface area (Å²) in [6.07, 6.45) is 2.14. The van der Waals surface area contributed by atoms with Gasteiger partial charge in [0.1, 0.15) is 6.54 Å². The van der Waals surface area contributed by atoms with Crippen LogP contribution in [0, 0.1) is 0 Å². The average molecular weight is 374 g/mol. The summed E-state index contributed by atoms with van der Waals surface area (Å²) in [5.41, 5.74) is 1.51. The molecule has 3 rings (SSSR count). The summed E-state index contributed by atoms with van der Waals surface area (Å²) in [6, 6.07) is 7.96. The Kier molecular flexibility index (Phi) is 6.34. The minimum atomic E-state index is -0.145. The van der Waals surface area contributed by atoms with Crippen molar-refractivity contribution in [2.24, 2.45) is 7.05 Å². The number of methoxy groups -OCH3 is 1. The molecule has 27 heavy (non-hydrogen) atoms. The van der Waals surface area contributed by atoms with Gasteiger partial charge in [-0.25, -0.2) is 4.79 Å². The van der Waals surface area contributed by atoms with Gasteiger partial charge in [0.25, 0.3) is 0 Å². The van der Waals surface area contributed by atoms with Crippen molar-refractivity contribution >= 4 is 16.9 Å². The third-order valence-electron chi connectivity index (χ3n) is 5.51. The minimum absolute atomic E-state index is 0.0148. The van der Waals surface area contributed by atoms with Crippen LogP contribution in [-0.2, 0) is 23.1 Å². The van der Waals surface area contributed by atoms with Gasteiger partial charge in [0.05, 0.1) is 17.6 Å². The number of carbonyl (C=O) groups excluding carboxylic acids is 1. The van der Waals surface area contributed by atoms with Crippen molar-refractivity contribution < 1.29 is 9.53 Å². The first kappa shape index (κ1) is 19.6. The van der Waals surface area contributed by atoms with Gasteiger partial charge in [-0.15, -0.1) is 0 Å². The number of nitrogens with zero attached hydrogens (tertiary/aromatic N) is 4. The molecule has 0 saturated carbocycles. The Morgan fingerprint density at radius 2 is 1.96 bits per heavy atom. The number of fused-ring (bicyclic) bond motifs is 1. The van der Waals surface area contributed by atoms with Gasteiger partial charge in [-0.1, -0.05) is 25.5 Å². The molecule has 0 spiro atoms. The second-order valence-electron chi connectivity index (χ2n) is 7.23. The van der Waals surface area contributed by atoms with E-state index in [1.807, 2.05) is 29.2 Å². The van der Waals surface area contributed by atoms with E-state index in [4.69, 9.17) is 4.74 Å². The normalized spacial score (nSPS) is 18.3. The Morgan fingerprint density at radius 3 is 2.67 bits per heavy atom. The van der Waals surface area contributed by atoms with Crippen molar-refractivity contribution in [1.29, 1.82) is 0 Å². The molecule has 2 aromatic rings. The lowest BCUT2D eigenvalue weighted by atomic mass is 10.1. The molecule has 0 aliphatic carbocycles. The van der Waals surface area contributed by atoms with E-state index in [1.54, 1.807) is 23.3 Å². The lowest BCUT2D eigenvalue weighted by molar-refractivity contribution is -0.135. The molecular formula is C20H30N4O3. The summed E-state index contributed by atoms with van der Waals surface area (Å²) in [6.45, 7) is 6.13. The zero-order valence-corrected chi connectivity index (χ0v) is 16.6. The highest BCUT2D eigenvalue weighted by molar-refractivity contribution is 5.81. The number of hydrogen-bond donors (Lipinski definition) is 0. The largest absolute Gasteiger partial charge is 0.383 e. The standard InChI is InChI=1S/C20H30N4O3/c1-4-7-16-14-23(11-10-22(16)12-13-27-3)19(25)15-24-18-9-6-5-8-17(18)21(2)20(24)26/h5-6,8-9,16H,4,7,10-15H2,1-3H3/t16-/m1/s1. The van der Waals surface area contributed by atoms with E-state index in [0.29, 0.717) is 19.2 Å². The average Bonchev–Trinajstić information content (AvgIpc) is 2.92. The Morgan fingerprint density at radius 1 is 1.22 bits per heavy atom. The third kappa shape index (κ3) is 4.09. The predicted octanol–water partition coefficient (Wildman–Crippen LogP) is 1.30. The van der Waals surface area contributed by atoms with E-state index >= 15 is 0 Å². The molecule has 7 nitrogen and oxygen atoms in total. The molecule has 148 valence electrons. The highest BCUT2D eigenvalue weighted by Crippen LogP contribution is 2.16. The lowest BCUT2D eigenvalue weighted by Gasteiger charge is -2.41. The van der Waals surface area contributed by atoms with Crippen LogP contribution in [0.2, 0.25) is 0 Å². The summed E-state index contributed by atoms with van der Waals surface area (Å²) >= 11 is 0. The van der Waals surface area contributed by atoms with Gasteiger partial charge in [-0.3, -0.25) is 18.8 Å². The number of rotatable bonds is 7. The molecular weight excluding hydrogens is 344 g/mol. The quantitative estimate of drug-likeness (QED) is 0.733. The van der Waals surface area contributed by atoms with Crippen LogP contribution in [0.4, 0.5) is 0 Å². The van der Waals surface area contributed by atoms with Gasteiger partial charge < -0.3 is 9.64 Å². The Labute approximate surface area is 160 Å². The van der Waals surface area contributed by atoms with Crippen molar-refractivity contribution in [3.63, 3.8) is 0 Å². The molecule has 1 saturated heterocycles. The molecule has 1 aromatic carbocycles. The molecule has 1 atom stereocenters. The zero-order valence-electron chi connectivity index (χ0n) is 16.6. The van der Waals surface area contributed by atoms with Gasteiger partial charge in [0, 0.05) is 46.4 Å². The monoisotopic (exact) mass is 374 g/mol. The Hall–Kier alpha value is -2.12. The maximum Gasteiger partial charge on any atom is 0.329 e. The van der Waals surface area contributed by atoms with Crippen LogP contribution >= 0.6 is 0 Å². The van der Waals surface area contributed by atoms with E-state index in [0.717, 1.165) is 43.5 Å². The molecule has 2 heterocycles. The van der Waals surface area contributed by atoms with Crippen molar-refractivity contribution in [1.82, 2.24) is 18.9 Å². The van der Waals surface area contributed by atoms with Gasteiger partial charge in [-0.2, -0.15) is 0 Å². The van der Waals surface area contributed by atoms with Crippen LogP contribution in [0.1, 0.15) is 19.8 Å². The fourth-order valence-electron chi connectivity index (χ4n) is 3.98. The van der Waals surface area contributed by atoms with Crippen LogP contribution in [0.25, 0.3) is 11.0 Å². The highest BCUT2D eigenvalue weighted by atomic mass is 16.5. The van der Waals surface area contributed by atoms with Gasteiger partial charge in [0.2, 0.25) is 5.91 Å². The van der Waals surface area contributed by atoms with Crippen LogP contribution in [-0.4, -0.2) is 70.8 Å². The van der Waals surface area contributed by atoms with Crippen LogP contribution in [0.15, 0.2) is 29.1 Å². The Balaban J connectivity index is 1.74. The van der Waals surface area contributed by atoms with Gasteiger partial charge >= 0.3 is 5.69 Å². The second kappa shape index (κ2) is 8.71. The number of piperazine rings is 1. The SMILES string of the molecule is CCC[C@@H]1CN(C(=O)Cn2c(=O)n(C)c3ccccc32)CCN1CCOC. The summed E-state index contributed by atoms with van der Waals surface area (Å²) in [4.78, 5) is 29.9. The molecule has 1 aliphatic rings. The van der Waals surface area contributed by atoms with E-state index in [1.165, 1.54) is 0 Å². The summed E-state index contributed by atoms with van der Waals surface area (Å²) in [5.74, 6) is 0.0148. The first-order valence-corrected chi connectivity index (χ1v) is 9.71. The number of carbonyl (C=O) groups is 1. The number of imidazole rings is 1. The third-order valence-corrected chi connectivity index (χ3v) is 5.51. The lowest BCUT2D eigenvalue weighted by Crippen LogP contribution is -2.56. The van der Waals surface area contributed by atoms with Gasteiger partial charge in [0.15, 0.2) is 0 Å². The first-order chi connectivity index (χ1) is 13.1. The fraction of sp³-hybridized carbons (Fsp3) is 0.600. The number of amides is 1. The predicted molar refractivity (Wildman–Crippen MR) is 106 cm³/mol. The molecule has 1 fully saturated rings. The minimum Gasteiger partial charge on any atom is -0.383 e. The maximum absolute atomic E-state index is 13.0. The number of benzene rings is 1. The molecule has 0 unspecified atom stereocenters. The van der Waals surface area contributed by atoms with Crippen LogP contribution < -0.4 is 5.69 Å². The summed E-state index contributed by atoms with van der Waals surface area (Å²) < 4.78 is 8.41. The van der Waals surface area contributed by atoms with E-state index in [9.17, 15) is 9.59 Å². The topological polar surface area (TPSA) is 59.7 Å². The first-order valence-electron chi connectivity index (χ1n) is 9.71. The van der Waals surface area contributed by atoms with Crippen molar-refractivity contribution in [2.45, 2.75) is 32.4 Å². The molecule has 1 amide bonds. The van der Waals surface area contributed by atoms with Gasteiger partial charge in [-0.05, 0) is 18.6 Å².